The summed E-state index contributed by atoms with van der Waals surface area (Å²) in [5, 5.41) is 2.07. The maximum Gasteiger partial charge on any atom is 0.366 e. The first-order valence-corrected chi connectivity index (χ1v) is 7.22. The lowest BCUT2D eigenvalue weighted by Crippen LogP contribution is -2.30. The minimum Gasteiger partial charge on any atom is -0.412 e. The first-order chi connectivity index (χ1) is 10.6. The Labute approximate surface area is 127 Å². The highest BCUT2D eigenvalue weighted by Crippen LogP contribution is 2.27. The smallest absolute Gasteiger partial charge is 0.366 e. The molecular formula is C18H16N2O2. The van der Waals surface area contributed by atoms with Crippen LogP contribution >= 0.6 is 0 Å². The zero-order chi connectivity index (χ0) is 15.4. The molecule has 2 aromatic carbocycles. The molecule has 4 rings (SSSR count). The number of aryl methyl sites for hydroxylation is 2. The van der Waals surface area contributed by atoms with Crippen LogP contribution in [0.1, 0.15) is 11.1 Å². The minimum absolute atomic E-state index is 0.182. The van der Waals surface area contributed by atoms with Gasteiger partial charge in [0.25, 0.3) is 0 Å². The second kappa shape index (κ2) is 4.37. The quantitative estimate of drug-likeness (QED) is 0.540. The third-order valence-electron chi connectivity index (χ3n) is 4.18. The van der Waals surface area contributed by atoms with Crippen molar-refractivity contribution in [2.45, 2.75) is 13.8 Å². The maximum absolute atomic E-state index is 12.9. The predicted octanol–water partition coefficient (Wildman–Crippen LogP) is 3.08. The van der Waals surface area contributed by atoms with Gasteiger partial charge in [-0.1, -0.05) is 29.8 Å². The van der Waals surface area contributed by atoms with Gasteiger partial charge in [0.15, 0.2) is 0 Å². The molecule has 0 spiro atoms. The molecule has 0 unspecified atom stereocenters. The molecule has 2 heterocycles. The fraction of sp³-hybridized carbons (Fsp3) is 0.167. The Hall–Kier alpha value is -2.75. The molecule has 0 saturated heterocycles. The Morgan fingerprint density at radius 3 is 2.55 bits per heavy atom. The molecule has 4 nitrogen and oxygen atoms in total. The molecule has 0 aliphatic heterocycles. The van der Waals surface area contributed by atoms with Crippen molar-refractivity contribution in [1.82, 2.24) is 9.13 Å². The van der Waals surface area contributed by atoms with E-state index in [1.807, 2.05) is 31.2 Å². The number of hydrogen-bond acceptors (Lipinski definition) is 2. The van der Waals surface area contributed by atoms with E-state index in [1.54, 1.807) is 4.40 Å². The summed E-state index contributed by atoms with van der Waals surface area (Å²) in [4.78, 5) is 18.3. The second-order valence-electron chi connectivity index (χ2n) is 5.66. The van der Waals surface area contributed by atoms with Gasteiger partial charge in [-0.05, 0) is 37.6 Å². The molecule has 0 aliphatic rings. The van der Waals surface area contributed by atoms with Crippen molar-refractivity contribution >= 4 is 27.3 Å². The molecule has 0 atom stereocenters. The maximum atomic E-state index is 12.9. The predicted molar refractivity (Wildman–Crippen MR) is 88.6 cm³/mol. The van der Waals surface area contributed by atoms with E-state index in [-0.39, 0.29) is 5.69 Å². The average molecular weight is 292 g/mol. The summed E-state index contributed by atoms with van der Waals surface area (Å²) in [6.45, 7) is 4.07. The largest absolute Gasteiger partial charge is 0.412 e. The van der Waals surface area contributed by atoms with E-state index in [4.69, 9.17) is 4.84 Å². The number of para-hydroxylation sites is 1. The Balaban J connectivity index is 2.42. The van der Waals surface area contributed by atoms with Crippen LogP contribution in [0, 0.1) is 13.8 Å². The zero-order valence-electron chi connectivity index (χ0n) is 12.8. The fourth-order valence-corrected chi connectivity index (χ4v) is 3.34. The number of rotatable bonds is 1. The van der Waals surface area contributed by atoms with Crippen molar-refractivity contribution < 1.29 is 4.84 Å². The molecule has 0 radical (unpaired) electrons. The third-order valence-corrected chi connectivity index (χ3v) is 4.18. The van der Waals surface area contributed by atoms with Crippen LogP contribution in [0.3, 0.4) is 0 Å². The van der Waals surface area contributed by atoms with Crippen molar-refractivity contribution in [2.24, 2.45) is 0 Å². The fourth-order valence-electron chi connectivity index (χ4n) is 3.34. The van der Waals surface area contributed by atoms with Gasteiger partial charge in [0, 0.05) is 10.8 Å². The number of fused-ring (bicyclic) bond motifs is 5. The monoisotopic (exact) mass is 292 g/mol. The van der Waals surface area contributed by atoms with E-state index >= 15 is 0 Å². The molecule has 4 aromatic rings. The lowest BCUT2D eigenvalue weighted by atomic mass is 10.1. The van der Waals surface area contributed by atoms with Gasteiger partial charge in [0.1, 0.15) is 7.11 Å². The molecule has 0 saturated carbocycles. The van der Waals surface area contributed by atoms with Crippen LogP contribution in [0.5, 0.6) is 0 Å². The number of benzene rings is 2. The van der Waals surface area contributed by atoms with Gasteiger partial charge >= 0.3 is 5.69 Å². The summed E-state index contributed by atoms with van der Waals surface area (Å²) < 4.78 is 3.10. The third kappa shape index (κ3) is 1.55. The molecular weight excluding hydrogens is 276 g/mol. The van der Waals surface area contributed by atoms with Gasteiger partial charge in [0.2, 0.25) is 0 Å². The first-order valence-electron chi connectivity index (χ1n) is 7.22. The number of aromatic nitrogens is 2. The standard InChI is InChI=1S/C18H16N2O2/c1-11-8-12(2)17-14(9-11)16-10-13-6-4-5-7-15(13)19(16)18(21)20(17)22-3/h4-10H,1-3H3. The van der Waals surface area contributed by atoms with E-state index in [0.717, 1.165) is 32.9 Å². The highest BCUT2D eigenvalue weighted by molar-refractivity contribution is 6.02. The van der Waals surface area contributed by atoms with Crippen molar-refractivity contribution in [3.63, 3.8) is 0 Å². The average Bonchev–Trinajstić information content (AvgIpc) is 2.88. The van der Waals surface area contributed by atoms with Crippen LogP contribution in [-0.2, 0) is 0 Å². The van der Waals surface area contributed by atoms with Crippen LogP contribution in [-0.4, -0.2) is 16.2 Å². The first kappa shape index (κ1) is 13.0. The molecule has 0 N–H and O–H groups in total. The number of hydrogen-bond donors (Lipinski definition) is 0. The molecule has 0 amide bonds. The van der Waals surface area contributed by atoms with Crippen LogP contribution in [0.25, 0.3) is 27.3 Å². The highest BCUT2D eigenvalue weighted by atomic mass is 16.7. The van der Waals surface area contributed by atoms with Gasteiger partial charge in [-0.2, -0.15) is 0 Å². The van der Waals surface area contributed by atoms with Crippen molar-refractivity contribution in [1.29, 1.82) is 0 Å². The topological polar surface area (TPSA) is 35.6 Å². The molecule has 4 heteroatoms. The normalized spacial score (nSPS) is 11.6. The molecule has 22 heavy (non-hydrogen) atoms. The zero-order valence-corrected chi connectivity index (χ0v) is 12.8. The summed E-state index contributed by atoms with van der Waals surface area (Å²) in [5.41, 5.74) is 4.65. The Kier molecular flexibility index (Phi) is 2.57. The van der Waals surface area contributed by atoms with Gasteiger partial charge in [-0.25, -0.2) is 4.79 Å². The summed E-state index contributed by atoms with van der Waals surface area (Å²) in [6, 6.07) is 14.1. The van der Waals surface area contributed by atoms with Crippen molar-refractivity contribution in [2.75, 3.05) is 7.11 Å². The lowest BCUT2D eigenvalue weighted by molar-refractivity contribution is 0.164. The van der Waals surface area contributed by atoms with Gasteiger partial charge in [-0.3, -0.25) is 4.40 Å². The minimum atomic E-state index is -0.182. The molecule has 0 aliphatic carbocycles. The lowest BCUT2D eigenvalue weighted by Gasteiger charge is -2.13. The van der Waals surface area contributed by atoms with Crippen LogP contribution < -0.4 is 10.5 Å². The highest BCUT2D eigenvalue weighted by Gasteiger charge is 2.16. The van der Waals surface area contributed by atoms with E-state index in [2.05, 4.69) is 25.1 Å². The van der Waals surface area contributed by atoms with E-state index < -0.39 is 0 Å². The van der Waals surface area contributed by atoms with Crippen molar-refractivity contribution in [3.8, 4) is 0 Å². The summed E-state index contributed by atoms with van der Waals surface area (Å²) >= 11 is 0. The van der Waals surface area contributed by atoms with E-state index in [1.165, 1.54) is 17.4 Å². The summed E-state index contributed by atoms with van der Waals surface area (Å²) in [5.74, 6) is 0. The van der Waals surface area contributed by atoms with Crippen LogP contribution in [0.4, 0.5) is 0 Å². The Bertz CT molecular complexity index is 1100. The van der Waals surface area contributed by atoms with Gasteiger partial charge in [0.05, 0.1) is 16.6 Å². The SMILES string of the molecule is COn1c(=O)n2c3ccccc3cc2c2cc(C)cc(C)c21. The Morgan fingerprint density at radius 2 is 1.77 bits per heavy atom. The molecule has 2 aromatic heterocycles. The van der Waals surface area contributed by atoms with Crippen LogP contribution in [0.15, 0.2) is 47.3 Å². The van der Waals surface area contributed by atoms with Gasteiger partial charge in [-0.15, -0.1) is 4.73 Å². The van der Waals surface area contributed by atoms with E-state index in [9.17, 15) is 4.79 Å². The summed E-state index contributed by atoms with van der Waals surface area (Å²) in [7, 11) is 1.53. The van der Waals surface area contributed by atoms with Crippen molar-refractivity contribution in [3.05, 3.63) is 64.1 Å². The van der Waals surface area contributed by atoms with E-state index in [0.29, 0.717) is 0 Å². The van der Waals surface area contributed by atoms with Gasteiger partial charge < -0.3 is 4.84 Å². The second-order valence-corrected chi connectivity index (χ2v) is 5.66. The molecule has 0 bridgehead atoms. The number of nitrogens with zero attached hydrogens (tertiary/aromatic N) is 2. The van der Waals surface area contributed by atoms with Crippen LogP contribution in [0.2, 0.25) is 0 Å². The molecule has 0 fully saturated rings. The Morgan fingerprint density at radius 1 is 1.00 bits per heavy atom. The summed E-state index contributed by atoms with van der Waals surface area (Å²) in [6.07, 6.45) is 0. The molecule has 110 valence electrons.